The molecule has 3 heteroatoms. The van der Waals surface area contributed by atoms with Gasteiger partial charge in [0.2, 0.25) is 0 Å². The number of hydrogen-bond acceptors (Lipinski definition) is 2. The number of anilines is 1. The van der Waals surface area contributed by atoms with Crippen LogP contribution in [-0.4, -0.2) is 9.78 Å². The second-order valence-electron chi connectivity index (χ2n) is 3.38. The molecule has 15 heavy (non-hydrogen) atoms. The molecule has 2 rings (SSSR count). The monoisotopic (exact) mass is 201 g/mol. The van der Waals surface area contributed by atoms with Gasteiger partial charge in [0.1, 0.15) is 0 Å². The molecule has 1 aromatic heterocycles. The largest absolute Gasteiger partial charge is 0.379 e. The van der Waals surface area contributed by atoms with Gasteiger partial charge in [-0.3, -0.25) is 4.68 Å². The van der Waals surface area contributed by atoms with Gasteiger partial charge in [-0.05, 0) is 25.1 Å². The van der Waals surface area contributed by atoms with Crippen LogP contribution in [0.2, 0.25) is 0 Å². The van der Waals surface area contributed by atoms with E-state index in [1.165, 1.54) is 0 Å². The third-order valence-electron chi connectivity index (χ3n) is 2.27. The molecule has 0 bridgehead atoms. The zero-order valence-electron chi connectivity index (χ0n) is 8.85. The highest BCUT2D eigenvalue weighted by Crippen LogP contribution is 2.06. The molecule has 1 aromatic carbocycles. The Kier molecular flexibility index (Phi) is 3.02. The van der Waals surface area contributed by atoms with Crippen LogP contribution in [0.1, 0.15) is 12.6 Å². The summed E-state index contributed by atoms with van der Waals surface area (Å²) < 4.78 is 1.93. The average Bonchev–Trinajstić information content (AvgIpc) is 2.76. The minimum absolute atomic E-state index is 0.775. The van der Waals surface area contributed by atoms with E-state index in [1.54, 1.807) is 0 Å². The fourth-order valence-electron chi connectivity index (χ4n) is 1.42. The number of nitrogens with zero attached hydrogens (tertiary/aromatic N) is 2. The summed E-state index contributed by atoms with van der Waals surface area (Å²) in [6.07, 6.45) is 2.00. The molecule has 0 aliphatic heterocycles. The summed E-state index contributed by atoms with van der Waals surface area (Å²) in [5.74, 6) is 0. The number of benzene rings is 1. The summed E-state index contributed by atoms with van der Waals surface area (Å²) >= 11 is 0. The van der Waals surface area contributed by atoms with Crippen molar-refractivity contribution in [2.75, 3.05) is 5.32 Å². The van der Waals surface area contributed by atoms with Crippen molar-refractivity contribution in [3.63, 3.8) is 0 Å². The van der Waals surface area contributed by atoms with Gasteiger partial charge in [0.25, 0.3) is 0 Å². The van der Waals surface area contributed by atoms with Crippen molar-refractivity contribution in [2.24, 2.45) is 0 Å². The number of rotatable bonds is 4. The molecule has 0 aliphatic carbocycles. The van der Waals surface area contributed by atoms with Crippen LogP contribution < -0.4 is 5.32 Å². The first-order valence-corrected chi connectivity index (χ1v) is 5.19. The predicted octanol–water partition coefficient (Wildman–Crippen LogP) is 2.52. The van der Waals surface area contributed by atoms with E-state index in [0.29, 0.717) is 0 Å². The predicted molar refractivity (Wildman–Crippen MR) is 61.7 cm³/mol. The summed E-state index contributed by atoms with van der Waals surface area (Å²) in [6, 6.07) is 12.2. The van der Waals surface area contributed by atoms with Gasteiger partial charge in [-0.15, -0.1) is 0 Å². The fraction of sp³-hybridized carbons (Fsp3) is 0.250. The Morgan fingerprint density at radius 3 is 2.67 bits per heavy atom. The van der Waals surface area contributed by atoms with E-state index < -0.39 is 0 Å². The Balaban J connectivity index is 1.93. The molecular formula is C12H15N3. The number of aromatic nitrogens is 2. The third-order valence-corrected chi connectivity index (χ3v) is 2.27. The van der Waals surface area contributed by atoms with Crippen molar-refractivity contribution in [1.82, 2.24) is 9.78 Å². The van der Waals surface area contributed by atoms with Crippen molar-refractivity contribution in [3.05, 3.63) is 48.3 Å². The Morgan fingerprint density at radius 2 is 2.00 bits per heavy atom. The SMILES string of the molecule is CCn1ccc(CNc2ccccc2)n1. The maximum absolute atomic E-state index is 4.40. The molecule has 2 aromatic rings. The third kappa shape index (κ3) is 2.59. The molecule has 1 N–H and O–H groups in total. The van der Waals surface area contributed by atoms with E-state index in [-0.39, 0.29) is 0 Å². The highest BCUT2D eigenvalue weighted by Gasteiger charge is 1.97. The smallest absolute Gasteiger partial charge is 0.0815 e. The molecule has 3 nitrogen and oxygen atoms in total. The fourth-order valence-corrected chi connectivity index (χ4v) is 1.42. The molecule has 1 heterocycles. The quantitative estimate of drug-likeness (QED) is 0.823. The van der Waals surface area contributed by atoms with E-state index in [4.69, 9.17) is 0 Å². The lowest BCUT2D eigenvalue weighted by atomic mass is 10.3. The van der Waals surface area contributed by atoms with Crippen LogP contribution in [0.25, 0.3) is 0 Å². The number of hydrogen-bond donors (Lipinski definition) is 1. The first kappa shape index (κ1) is 9.77. The molecule has 0 fully saturated rings. The molecule has 0 saturated heterocycles. The Morgan fingerprint density at radius 1 is 1.20 bits per heavy atom. The highest BCUT2D eigenvalue weighted by molar-refractivity contribution is 5.42. The van der Waals surface area contributed by atoms with Gasteiger partial charge < -0.3 is 5.32 Å². The Labute approximate surface area is 89.7 Å². The second-order valence-corrected chi connectivity index (χ2v) is 3.38. The number of nitrogens with one attached hydrogen (secondary N) is 1. The van der Waals surface area contributed by atoms with Gasteiger partial charge in [-0.2, -0.15) is 5.10 Å². The summed E-state index contributed by atoms with van der Waals surface area (Å²) in [5, 5.41) is 7.72. The van der Waals surface area contributed by atoms with Crippen LogP contribution in [0.3, 0.4) is 0 Å². The normalized spacial score (nSPS) is 10.2. The van der Waals surface area contributed by atoms with Crippen molar-refractivity contribution in [2.45, 2.75) is 20.0 Å². The van der Waals surface area contributed by atoms with Gasteiger partial charge in [0.05, 0.1) is 12.2 Å². The van der Waals surface area contributed by atoms with Crippen LogP contribution in [0, 0.1) is 0 Å². The number of aryl methyl sites for hydroxylation is 1. The summed E-state index contributed by atoms with van der Waals surface area (Å²) in [5.41, 5.74) is 2.20. The van der Waals surface area contributed by atoms with E-state index in [9.17, 15) is 0 Å². The molecule has 0 amide bonds. The van der Waals surface area contributed by atoms with Crippen molar-refractivity contribution in [1.29, 1.82) is 0 Å². The van der Waals surface area contributed by atoms with Gasteiger partial charge >= 0.3 is 0 Å². The van der Waals surface area contributed by atoms with Gasteiger partial charge in [0.15, 0.2) is 0 Å². The molecule has 78 valence electrons. The lowest BCUT2D eigenvalue weighted by molar-refractivity contribution is 0.649. The molecular weight excluding hydrogens is 186 g/mol. The summed E-state index contributed by atoms with van der Waals surface area (Å²) in [6.45, 7) is 3.78. The zero-order valence-corrected chi connectivity index (χ0v) is 8.85. The Bertz CT molecular complexity index is 406. The van der Waals surface area contributed by atoms with Gasteiger partial charge in [-0.1, -0.05) is 18.2 Å². The van der Waals surface area contributed by atoms with Gasteiger partial charge in [-0.25, -0.2) is 0 Å². The van der Waals surface area contributed by atoms with E-state index in [2.05, 4.69) is 29.5 Å². The van der Waals surface area contributed by atoms with Crippen LogP contribution in [0.5, 0.6) is 0 Å². The van der Waals surface area contributed by atoms with Crippen LogP contribution in [-0.2, 0) is 13.1 Å². The lowest BCUT2D eigenvalue weighted by Gasteiger charge is -2.03. The average molecular weight is 201 g/mol. The Hall–Kier alpha value is -1.77. The van der Waals surface area contributed by atoms with Crippen molar-refractivity contribution >= 4 is 5.69 Å². The topological polar surface area (TPSA) is 29.9 Å². The minimum atomic E-state index is 0.775. The molecule has 0 unspecified atom stereocenters. The van der Waals surface area contributed by atoms with Crippen LogP contribution in [0.15, 0.2) is 42.6 Å². The highest BCUT2D eigenvalue weighted by atomic mass is 15.3. The maximum Gasteiger partial charge on any atom is 0.0815 e. The van der Waals surface area contributed by atoms with Crippen LogP contribution >= 0.6 is 0 Å². The van der Waals surface area contributed by atoms with E-state index in [1.807, 2.05) is 35.1 Å². The lowest BCUT2D eigenvalue weighted by Crippen LogP contribution is -2.01. The summed E-state index contributed by atoms with van der Waals surface area (Å²) in [4.78, 5) is 0. The maximum atomic E-state index is 4.40. The zero-order chi connectivity index (χ0) is 10.5. The molecule has 0 aliphatic rings. The van der Waals surface area contributed by atoms with Crippen molar-refractivity contribution in [3.8, 4) is 0 Å². The molecule has 0 spiro atoms. The number of para-hydroxylation sites is 1. The minimum Gasteiger partial charge on any atom is -0.379 e. The van der Waals surface area contributed by atoms with Crippen LogP contribution in [0.4, 0.5) is 5.69 Å². The van der Waals surface area contributed by atoms with Gasteiger partial charge in [0, 0.05) is 18.4 Å². The standard InChI is InChI=1S/C12H15N3/c1-2-15-9-8-12(14-15)10-13-11-6-4-3-5-7-11/h3-9,13H,2,10H2,1H3. The molecule has 0 atom stereocenters. The molecule has 0 saturated carbocycles. The van der Waals surface area contributed by atoms with E-state index in [0.717, 1.165) is 24.5 Å². The van der Waals surface area contributed by atoms with E-state index >= 15 is 0 Å². The van der Waals surface area contributed by atoms with Crippen molar-refractivity contribution < 1.29 is 0 Å². The summed E-state index contributed by atoms with van der Waals surface area (Å²) in [7, 11) is 0. The molecule has 0 radical (unpaired) electrons. The second kappa shape index (κ2) is 4.64. The first-order chi connectivity index (χ1) is 7.38. The first-order valence-electron chi connectivity index (χ1n) is 5.19.